The molecule has 0 N–H and O–H groups in total. The number of ether oxygens (including phenoxy) is 3. The third-order valence-corrected chi connectivity index (χ3v) is 5.30. The highest BCUT2D eigenvalue weighted by Crippen LogP contribution is 2.15. The first-order valence-corrected chi connectivity index (χ1v) is 10.3. The van der Waals surface area contributed by atoms with E-state index in [4.69, 9.17) is 26.4 Å². The Bertz CT molecular complexity index is 1230. The number of fused-ring (bicyclic) bond motifs is 3. The van der Waals surface area contributed by atoms with Crippen LogP contribution < -0.4 is 5.56 Å². The molecule has 0 aliphatic carbocycles. The Balaban J connectivity index is 2.12. The summed E-state index contributed by atoms with van der Waals surface area (Å²) in [6, 6.07) is 7.14. The van der Waals surface area contributed by atoms with E-state index in [1.54, 1.807) is 34.3 Å². The van der Waals surface area contributed by atoms with Crippen molar-refractivity contribution in [3.05, 3.63) is 39.4 Å². The van der Waals surface area contributed by atoms with Crippen molar-refractivity contribution in [1.29, 1.82) is 0 Å². The van der Waals surface area contributed by atoms with Gasteiger partial charge in [-0.1, -0.05) is 12.1 Å². The second kappa shape index (κ2) is 10.5. The van der Waals surface area contributed by atoms with Gasteiger partial charge < -0.3 is 14.2 Å². The van der Waals surface area contributed by atoms with Crippen molar-refractivity contribution in [2.75, 3.05) is 41.0 Å². The number of hydrogen-bond acceptors (Lipinski definition) is 9. The van der Waals surface area contributed by atoms with Gasteiger partial charge in [-0.2, -0.15) is 0 Å². The van der Waals surface area contributed by atoms with Crippen LogP contribution in [-0.2, 0) is 37.0 Å². The van der Waals surface area contributed by atoms with Gasteiger partial charge in [-0.25, -0.2) is 4.68 Å². The van der Waals surface area contributed by atoms with Crippen LogP contribution in [0.5, 0.6) is 0 Å². The quantitative estimate of drug-likeness (QED) is 0.245. The number of carbonyl (C=O) groups excluding carboxylic acids is 2. The fourth-order valence-corrected chi connectivity index (χ4v) is 3.65. The second-order valence-corrected chi connectivity index (χ2v) is 7.38. The van der Waals surface area contributed by atoms with E-state index in [1.807, 2.05) is 6.07 Å². The zero-order valence-electron chi connectivity index (χ0n) is 18.1. The second-order valence-electron chi connectivity index (χ2n) is 7.02. The number of aryl methyl sites for hydroxylation is 1. The number of benzene rings is 1. The van der Waals surface area contributed by atoms with Crippen LogP contribution in [-0.4, -0.2) is 76.6 Å². The highest BCUT2D eigenvalue weighted by molar-refractivity contribution is 7.71. The molecule has 0 spiro atoms. The molecule has 32 heavy (non-hydrogen) atoms. The number of rotatable bonds is 10. The van der Waals surface area contributed by atoms with E-state index in [-0.39, 0.29) is 25.3 Å². The minimum Gasteiger partial charge on any atom is -0.468 e. The van der Waals surface area contributed by atoms with E-state index in [0.717, 1.165) is 0 Å². The van der Waals surface area contributed by atoms with Crippen LogP contribution in [0.15, 0.2) is 29.1 Å². The molecule has 0 bridgehead atoms. The Morgan fingerprint density at radius 3 is 2.38 bits per heavy atom. The number of carbonyl (C=O) groups is 2. The summed E-state index contributed by atoms with van der Waals surface area (Å²) in [7, 11) is 4.13. The van der Waals surface area contributed by atoms with Crippen molar-refractivity contribution in [2.24, 2.45) is 0 Å². The zero-order chi connectivity index (χ0) is 23.3. The molecule has 2 aromatic heterocycles. The molecular weight excluding hydrogens is 438 g/mol. The van der Waals surface area contributed by atoms with Crippen molar-refractivity contribution in [2.45, 2.75) is 19.6 Å². The summed E-state index contributed by atoms with van der Waals surface area (Å²) in [4.78, 5) is 38.3. The molecule has 2 heterocycles. The van der Waals surface area contributed by atoms with E-state index < -0.39 is 11.9 Å². The molecule has 0 aliphatic rings. The number of esters is 2. The van der Waals surface area contributed by atoms with Gasteiger partial charge in [0.25, 0.3) is 5.56 Å². The molecule has 0 atom stereocenters. The van der Waals surface area contributed by atoms with Gasteiger partial charge >= 0.3 is 11.9 Å². The monoisotopic (exact) mass is 463 g/mol. The predicted molar refractivity (Wildman–Crippen MR) is 118 cm³/mol. The fraction of sp³-hybridized carbons (Fsp3) is 0.450. The summed E-state index contributed by atoms with van der Waals surface area (Å²) >= 11 is 5.66. The minimum atomic E-state index is -0.522. The Morgan fingerprint density at radius 1 is 1.09 bits per heavy atom. The van der Waals surface area contributed by atoms with Crippen LogP contribution >= 0.6 is 12.2 Å². The Morgan fingerprint density at radius 2 is 1.75 bits per heavy atom. The first kappa shape index (κ1) is 23.6. The van der Waals surface area contributed by atoms with E-state index >= 15 is 0 Å². The molecule has 11 nitrogen and oxygen atoms in total. The van der Waals surface area contributed by atoms with Crippen LogP contribution in [0.1, 0.15) is 6.42 Å². The summed E-state index contributed by atoms with van der Waals surface area (Å²) in [5.41, 5.74) is 0.441. The lowest BCUT2D eigenvalue weighted by atomic mass is 10.2. The lowest BCUT2D eigenvalue weighted by Crippen LogP contribution is -2.37. The molecule has 12 heteroatoms. The van der Waals surface area contributed by atoms with Crippen molar-refractivity contribution in [3.63, 3.8) is 0 Å². The van der Waals surface area contributed by atoms with Gasteiger partial charge in [0.15, 0.2) is 0 Å². The first-order chi connectivity index (χ1) is 15.4. The Kier molecular flexibility index (Phi) is 7.72. The van der Waals surface area contributed by atoms with E-state index in [2.05, 4.69) is 5.10 Å². The molecule has 3 rings (SSSR count). The molecule has 0 aliphatic heterocycles. The third-order valence-electron chi connectivity index (χ3n) is 4.91. The average molecular weight is 464 g/mol. The summed E-state index contributed by atoms with van der Waals surface area (Å²) < 4.78 is 19.6. The SMILES string of the molecule is COCCCn1c(=O)c2ccccc2n2c(=S)n(CN(CC(=O)OC)CC(=O)OC)nc12. The third kappa shape index (κ3) is 4.87. The summed E-state index contributed by atoms with van der Waals surface area (Å²) in [5, 5.41) is 5.07. The standard InChI is InChI=1S/C20H25N5O6S/c1-29-10-6-9-23-18(28)14-7-4-5-8-15(14)25-19(23)21-24(20(25)32)13-22(11-16(26)30-2)12-17(27)31-3/h4-5,7-8H,6,9-13H2,1-3H3. The predicted octanol–water partition coefficient (Wildman–Crippen LogP) is 0.822. The number of aromatic nitrogens is 4. The van der Waals surface area contributed by atoms with Gasteiger partial charge in [-0.3, -0.25) is 28.3 Å². The van der Waals surface area contributed by atoms with Gasteiger partial charge in [0.2, 0.25) is 10.5 Å². The van der Waals surface area contributed by atoms with Gasteiger partial charge in [-0.05, 0) is 30.8 Å². The molecule has 0 saturated carbocycles. The topological polar surface area (TPSA) is 109 Å². The number of hydrogen-bond donors (Lipinski definition) is 0. The van der Waals surface area contributed by atoms with Gasteiger partial charge in [0.05, 0.1) is 44.9 Å². The lowest BCUT2D eigenvalue weighted by Gasteiger charge is -2.19. The fourth-order valence-electron chi connectivity index (χ4n) is 3.37. The summed E-state index contributed by atoms with van der Waals surface area (Å²) in [6.45, 7) is 0.566. The molecule has 0 radical (unpaired) electrons. The van der Waals surface area contributed by atoms with E-state index in [9.17, 15) is 14.4 Å². The summed E-state index contributed by atoms with van der Waals surface area (Å²) in [5.74, 6) is -0.678. The molecule has 0 fully saturated rings. The Labute approximate surface area is 188 Å². The maximum Gasteiger partial charge on any atom is 0.319 e. The van der Waals surface area contributed by atoms with Crippen molar-refractivity contribution in [3.8, 4) is 0 Å². The normalized spacial score (nSPS) is 11.4. The van der Waals surface area contributed by atoms with Gasteiger partial charge in [-0.15, -0.1) is 5.10 Å². The van der Waals surface area contributed by atoms with Crippen LogP contribution in [0.2, 0.25) is 0 Å². The molecule has 0 saturated heterocycles. The highest BCUT2D eigenvalue weighted by atomic mass is 32.1. The number of nitrogens with zero attached hydrogens (tertiary/aromatic N) is 5. The maximum absolute atomic E-state index is 13.1. The van der Waals surface area contributed by atoms with Crippen molar-refractivity contribution >= 4 is 40.8 Å². The largest absolute Gasteiger partial charge is 0.468 e. The van der Waals surface area contributed by atoms with Crippen molar-refractivity contribution < 1.29 is 23.8 Å². The molecular formula is C20H25N5O6S. The van der Waals surface area contributed by atoms with E-state index in [0.29, 0.717) is 41.0 Å². The van der Waals surface area contributed by atoms with E-state index in [1.165, 1.54) is 23.8 Å². The van der Waals surface area contributed by atoms with Crippen LogP contribution in [0, 0.1) is 4.77 Å². The molecule has 3 aromatic rings. The molecule has 1 aromatic carbocycles. The van der Waals surface area contributed by atoms with Crippen LogP contribution in [0.25, 0.3) is 16.7 Å². The minimum absolute atomic E-state index is 0.0191. The number of methoxy groups -OCH3 is 3. The maximum atomic E-state index is 13.1. The lowest BCUT2D eigenvalue weighted by molar-refractivity contribution is -0.146. The van der Waals surface area contributed by atoms with Crippen LogP contribution in [0.3, 0.4) is 0 Å². The summed E-state index contributed by atoms with van der Waals surface area (Å²) in [6.07, 6.45) is 0.612. The highest BCUT2D eigenvalue weighted by Gasteiger charge is 2.20. The number of para-hydroxylation sites is 1. The first-order valence-electron chi connectivity index (χ1n) is 9.87. The molecule has 0 amide bonds. The smallest absolute Gasteiger partial charge is 0.319 e. The zero-order valence-corrected chi connectivity index (χ0v) is 19.0. The van der Waals surface area contributed by atoms with Gasteiger partial charge in [0.1, 0.15) is 0 Å². The van der Waals surface area contributed by atoms with Crippen LogP contribution in [0.4, 0.5) is 0 Å². The molecule has 0 unspecified atom stereocenters. The average Bonchev–Trinajstić information content (AvgIpc) is 3.11. The van der Waals surface area contributed by atoms with Crippen molar-refractivity contribution in [1.82, 2.24) is 23.6 Å². The van der Waals surface area contributed by atoms with Gasteiger partial charge in [0, 0.05) is 20.3 Å². The Hall–Kier alpha value is -3.09. The molecule has 172 valence electrons.